The van der Waals surface area contributed by atoms with Crippen molar-refractivity contribution in [2.45, 2.75) is 26.3 Å². The molecule has 1 aliphatic rings. The first-order chi connectivity index (χ1) is 7.29. The summed E-state index contributed by atoms with van der Waals surface area (Å²) in [6.07, 6.45) is 4.10. The summed E-state index contributed by atoms with van der Waals surface area (Å²) in [5.74, 6) is 0. The number of nitrogens with zero attached hydrogens (tertiary/aromatic N) is 1. The number of aromatic nitrogens is 2. The molecular weight excluding hydrogens is 190 g/mol. The van der Waals surface area contributed by atoms with Gasteiger partial charge in [0.1, 0.15) is 0 Å². The third kappa shape index (κ3) is 3.04. The maximum atomic E-state index is 5.37. The van der Waals surface area contributed by atoms with Crippen LogP contribution >= 0.6 is 0 Å². The van der Waals surface area contributed by atoms with E-state index in [1.165, 1.54) is 0 Å². The van der Waals surface area contributed by atoms with Crippen molar-refractivity contribution in [1.29, 1.82) is 0 Å². The van der Waals surface area contributed by atoms with Gasteiger partial charge in [-0.05, 0) is 24.3 Å². The summed E-state index contributed by atoms with van der Waals surface area (Å²) in [5, 5.41) is 10.3. The van der Waals surface area contributed by atoms with Crippen LogP contribution < -0.4 is 5.32 Å². The Bertz CT molecular complexity index is 278. The predicted molar refractivity (Wildman–Crippen MR) is 58.5 cm³/mol. The molecule has 0 unspecified atom stereocenters. The number of rotatable bonds is 4. The van der Waals surface area contributed by atoms with Crippen LogP contribution in [0.3, 0.4) is 0 Å². The van der Waals surface area contributed by atoms with Crippen molar-refractivity contribution >= 4 is 0 Å². The molecule has 1 aromatic rings. The molecule has 1 aliphatic heterocycles. The number of H-pyrrole nitrogens is 1. The van der Waals surface area contributed by atoms with Crippen molar-refractivity contribution < 1.29 is 4.74 Å². The standard InChI is InChI=1S/C11H19N3O/c1-11(3-6-15-7-4-11)9-12-8-10-2-5-13-14-10/h2,5,12H,3-4,6-9H2,1H3,(H,13,14). The molecule has 1 saturated heterocycles. The molecule has 0 spiro atoms. The first-order valence-electron chi connectivity index (χ1n) is 5.55. The smallest absolute Gasteiger partial charge is 0.0490 e. The van der Waals surface area contributed by atoms with Gasteiger partial charge in [0, 0.05) is 38.2 Å². The van der Waals surface area contributed by atoms with Crippen molar-refractivity contribution in [2.75, 3.05) is 19.8 Å². The van der Waals surface area contributed by atoms with E-state index in [2.05, 4.69) is 22.4 Å². The lowest BCUT2D eigenvalue weighted by Crippen LogP contribution is -2.36. The van der Waals surface area contributed by atoms with Crippen molar-refractivity contribution in [3.05, 3.63) is 18.0 Å². The van der Waals surface area contributed by atoms with E-state index >= 15 is 0 Å². The van der Waals surface area contributed by atoms with Crippen molar-refractivity contribution in [1.82, 2.24) is 15.5 Å². The average Bonchev–Trinajstić information content (AvgIpc) is 2.71. The molecule has 84 valence electrons. The molecule has 4 heteroatoms. The van der Waals surface area contributed by atoms with Crippen LogP contribution in [0.5, 0.6) is 0 Å². The molecule has 4 nitrogen and oxygen atoms in total. The van der Waals surface area contributed by atoms with Gasteiger partial charge in [-0.25, -0.2) is 0 Å². The molecule has 0 atom stereocenters. The second-order valence-electron chi connectivity index (χ2n) is 4.61. The summed E-state index contributed by atoms with van der Waals surface area (Å²) in [7, 11) is 0. The van der Waals surface area contributed by atoms with Gasteiger partial charge in [-0.2, -0.15) is 5.10 Å². The van der Waals surface area contributed by atoms with Gasteiger partial charge >= 0.3 is 0 Å². The molecule has 2 N–H and O–H groups in total. The van der Waals surface area contributed by atoms with Gasteiger partial charge in [-0.15, -0.1) is 0 Å². The molecule has 0 aromatic carbocycles. The zero-order valence-electron chi connectivity index (χ0n) is 9.25. The van der Waals surface area contributed by atoms with E-state index in [1.807, 2.05) is 6.07 Å². The molecule has 0 radical (unpaired) electrons. The minimum atomic E-state index is 0.401. The fourth-order valence-corrected chi connectivity index (χ4v) is 1.92. The number of hydrogen-bond acceptors (Lipinski definition) is 3. The van der Waals surface area contributed by atoms with E-state index in [9.17, 15) is 0 Å². The number of aromatic amines is 1. The highest BCUT2D eigenvalue weighted by Crippen LogP contribution is 2.28. The molecule has 0 bridgehead atoms. The molecule has 2 rings (SSSR count). The first-order valence-corrected chi connectivity index (χ1v) is 5.55. The topological polar surface area (TPSA) is 49.9 Å². The Kier molecular flexibility index (Phi) is 3.38. The quantitative estimate of drug-likeness (QED) is 0.786. The maximum Gasteiger partial charge on any atom is 0.0490 e. The van der Waals surface area contributed by atoms with Crippen molar-refractivity contribution in [2.24, 2.45) is 5.41 Å². The number of ether oxygens (including phenoxy) is 1. The van der Waals surface area contributed by atoms with Gasteiger partial charge in [0.15, 0.2) is 0 Å². The Morgan fingerprint density at radius 2 is 2.33 bits per heavy atom. The molecule has 1 aromatic heterocycles. The molecule has 0 amide bonds. The van der Waals surface area contributed by atoms with E-state index in [-0.39, 0.29) is 0 Å². The van der Waals surface area contributed by atoms with Crippen LogP contribution in [-0.4, -0.2) is 30.0 Å². The lowest BCUT2D eigenvalue weighted by molar-refractivity contribution is 0.0239. The van der Waals surface area contributed by atoms with E-state index in [4.69, 9.17) is 4.74 Å². The summed E-state index contributed by atoms with van der Waals surface area (Å²) < 4.78 is 5.37. The monoisotopic (exact) mass is 209 g/mol. The van der Waals surface area contributed by atoms with Crippen LogP contribution in [-0.2, 0) is 11.3 Å². The highest BCUT2D eigenvalue weighted by molar-refractivity contribution is 4.96. The summed E-state index contributed by atoms with van der Waals surface area (Å²) in [6.45, 7) is 6.06. The lowest BCUT2D eigenvalue weighted by atomic mass is 9.82. The van der Waals surface area contributed by atoms with E-state index < -0.39 is 0 Å². The minimum Gasteiger partial charge on any atom is -0.381 e. The molecular formula is C11H19N3O. The summed E-state index contributed by atoms with van der Waals surface area (Å²) in [5.41, 5.74) is 1.55. The van der Waals surface area contributed by atoms with Gasteiger partial charge in [-0.1, -0.05) is 6.92 Å². The fraction of sp³-hybridized carbons (Fsp3) is 0.727. The zero-order valence-corrected chi connectivity index (χ0v) is 9.25. The molecule has 0 saturated carbocycles. The predicted octanol–water partition coefficient (Wildman–Crippen LogP) is 1.32. The largest absolute Gasteiger partial charge is 0.381 e. The molecule has 15 heavy (non-hydrogen) atoms. The van der Waals surface area contributed by atoms with Gasteiger partial charge in [0.2, 0.25) is 0 Å². The third-order valence-corrected chi connectivity index (χ3v) is 3.13. The van der Waals surface area contributed by atoms with Gasteiger partial charge < -0.3 is 10.1 Å². The van der Waals surface area contributed by atoms with E-state index in [0.717, 1.165) is 44.8 Å². The van der Waals surface area contributed by atoms with Crippen LogP contribution in [0, 0.1) is 5.41 Å². The van der Waals surface area contributed by atoms with Crippen molar-refractivity contribution in [3.63, 3.8) is 0 Å². The Balaban J connectivity index is 1.72. The maximum absolute atomic E-state index is 5.37. The highest BCUT2D eigenvalue weighted by Gasteiger charge is 2.26. The normalized spacial score (nSPS) is 20.3. The minimum absolute atomic E-state index is 0.401. The third-order valence-electron chi connectivity index (χ3n) is 3.13. The Hall–Kier alpha value is -0.870. The second kappa shape index (κ2) is 4.77. The highest BCUT2D eigenvalue weighted by atomic mass is 16.5. The lowest BCUT2D eigenvalue weighted by Gasteiger charge is -2.33. The number of nitrogens with one attached hydrogen (secondary N) is 2. The summed E-state index contributed by atoms with van der Waals surface area (Å²) in [4.78, 5) is 0. The summed E-state index contributed by atoms with van der Waals surface area (Å²) in [6, 6.07) is 2.00. The molecule has 2 heterocycles. The van der Waals surface area contributed by atoms with Crippen LogP contribution in [0.4, 0.5) is 0 Å². The van der Waals surface area contributed by atoms with Crippen LogP contribution in [0.15, 0.2) is 12.3 Å². The zero-order chi connectivity index (χ0) is 10.6. The van der Waals surface area contributed by atoms with Gasteiger partial charge in [0.25, 0.3) is 0 Å². The Morgan fingerprint density at radius 3 is 3.00 bits per heavy atom. The van der Waals surface area contributed by atoms with Gasteiger partial charge in [-0.3, -0.25) is 5.10 Å². The second-order valence-corrected chi connectivity index (χ2v) is 4.61. The van der Waals surface area contributed by atoms with Gasteiger partial charge in [0.05, 0.1) is 0 Å². The van der Waals surface area contributed by atoms with Crippen LogP contribution in [0.2, 0.25) is 0 Å². The van der Waals surface area contributed by atoms with Crippen molar-refractivity contribution in [3.8, 4) is 0 Å². The molecule has 1 fully saturated rings. The Labute approximate surface area is 90.4 Å². The first kappa shape index (κ1) is 10.6. The average molecular weight is 209 g/mol. The number of hydrogen-bond donors (Lipinski definition) is 2. The van der Waals surface area contributed by atoms with E-state index in [0.29, 0.717) is 5.41 Å². The van der Waals surface area contributed by atoms with Crippen LogP contribution in [0.1, 0.15) is 25.5 Å². The van der Waals surface area contributed by atoms with Crippen LogP contribution in [0.25, 0.3) is 0 Å². The molecule has 0 aliphatic carbocycles. The fourth-order valence-electron chi connectivity index (χ4n) is 1.92. The van der Waals surface area contributed by atoms with E-state index in [1.54, 1.807) is 6.20 Å². The Morgan fingerprint density at radius 1 is 1.53 bits per heavy atom. The summed E-state index contributed by atoms with van der Waals surface area (Å²) >= 11 is 0. The SMILES string of the molecule is CC1(CNCc2ccn[nH]2)CCOCC1.